The standard InChI is InChI=1S/C10H13NO.CH4/c1-9(2)12-11-8-10-6-4-3-5-7-10;/h3-9H,1-2H3;1H4. The molecule has 0 fully saturated rings. The molecule has 0 aliphatic rings. The van der Waals surface area contributed by atoms with Crippen molar-refractivity contribution in [1.29, 1.82) is 0 Å². The van der Waals surface area contributed by atoms with Crippen molar-refractivity contribution in [3.63, 3.8) is 0 Å². The quantitative estimate of drug-likeness (QED) is 0.516. The molecule has 0 aliphatic carbocycles. The molecule has 2 heteroatoms. The molecule has 0 aliphatic heterocycles. The van der Waals surface area contributed by atoms with E-state index >= 15 is 0 Å². The molecule has 1 aromatic carbocycles. The highest BCUT2D eigenvalue weighted by Gasteiger charge is 1.87. The molecular formula is C11H17NO. The fourth-order valence-electron chi connectivity index (χ4n) is 0.752. The van der Waals surface area contributed by atoms with E-state index in [1.165, 1.54) is 0 Å². The molecule has 1 aromatic rings. The number of rotatable bonds is 3. The molecule has 0 N–H and O–H groups in total. The highest BCUT2D eigenvalue weighted by Crippen LogP contribution is 1.95. The van der Waals surface area contributed by atoms with Gasteiger partial charge in [-0.05, 0) is 19.4 Å². The van der Waals surface area contributed by atoms with Crippen molar-refractivity contribution in [1.82, 2.24) is 0 Å². The molecule has 2 nitrogen and oxygen atoms in total. The largest absolute Gasteiger partial charge is 0.393 e. The average molecular weight is 179 g/mol. The van der Waals surface area contributed by atoms with Gasteiger partial charge in [-0.2, -0.15) is 0 Å². The van der Waals surface area contributed by atoms with Crippen molar-refractivity contribution < 1.29 is 4.84 Å². The Hall–Kier alpha value is -1.31. The van der Waals surface area contributed by atoms with Crippen molar-refractivity contribution in [2.75, 3.05) is 0 Å². The summed E-state index contributed by atoms with van der Waals surface area (Å²) in [6.07, 6.45) is 1.85. The predicted octanol–water partition coefficient (Wildman–Crippen LogP) is 3.08. The predicted molar refractivity (Wildman–Crippen MR) is 57.0 cm³/mol. The smallest absolute Gasteiger partial charge is 0.122 e. The summed E-state index contributed by atoms with van der Waals surface area (Å²) < 4.78 is 0. The summed E-state index contributed by atoms with van der Waals surface area (Å²) in [7, 11) is 0. The Bertz CT molecular complexity index is 242. The summed E-state index contributed by atoms with van der Waals surface area (Å²) >= 11 is 0. The molecule has 13 heavy (non-hydrogen) atoms. The lowest BCUT2D eigenvalue weighted by atomic mass is 10.2. The fourth-order valence-corrected chi connectivity index (χ4v) is 0.752. The first-order valence-corrected chi connectivity index (χ1v) is 4.03. The number of oxime groups is 1. The van der Waals surface area contributed by atoms with Gasteiger partial charge in [-0.1, -0.05) is 42.9 Å². The van der Waals surface area contributed by atoms with Gasteiger partial charge in [0, 0.05) is 0 Å². The van der Waals surface area contributed by atoms with Crippen LogP contribution in [0.5, 0.6) is 0 Å². The van der Waals surface area contributed by atoms with Gasteiger partial charge in [0.25, 0.3) is 0 Å². The summed E-state index contributed by atoms with van der Waals surface area (Å²) in [6.45, 7) is 3.89. The monoisotopic (exact) mass is 179 g/mol. The molecule has 0 amide bonds. The van der Waals surface area contributed by atoms with E-state index in [1.54, 1.807) is 6.21 Å². The Labute approximate surface area is 80.2 Å². The van der Waals surface area contributed by atoms with Crippen LogP contribution in [0.1, 0.15) is 26.8 Å². The van der Waals surface area contributed by atoms with Gasteiger partial charge in [0.2, 0.25) is 0 Å². The lowest BCUT2D eigenvalue weighted by Gasteiger charge is -1.99. The molecule has 0 atom stereocenters. The molecule has 0 aromatic heterocycles. The van der Waals surface area contributed by atoms with E-state index in [4.69, 9.17) is 4.84 Å². The van der Waals surface area contributed by atoms with Gasteiger partial charge in [0.05, 0.1) is 6.21 Å². The van der Waals surface area contributed by atoms with Crippen molar-refractivity contribution in [2.45, 2.75) is 27.4 Å². The summed E-state index contributed by atoms with van der Waals surface area (Å²) in [4.78, 5) is 5.02. The molecular weight excluding hydrogens is 162 g/mol. The summed E-state index contributed by atoms with van der Waals surface area (Å²) in [5, 5.41) is 3.82. The Morgan fingerprint density at radius 3 is 2.38 bits per heavy atom. The van der Waals surface area contributed by atoms with Gasteiger partial charge >= 0.3 is 0 Å². The van der Waals surface area contributed by atoms with Gasteiger partial charge in [0.15, 0.2) is 0 Å². The minimum atomic E-state index is 0. The first-order chi connectivity index (χ1) is 5.79. The molecule has 0 radical (unpaired) electrons. The third kappa shape index (κ3) is 5.01. The molecule has 72 valence electrons. The molecule has 0 unspecified atom stereocenters. The molecule has 0 bridgehead atoms. The van der Waals surface area contributed by atoms with Crippen LogP contribution in [-0.4, -0.2) is 12.3 Å². The zero-order valence-corrected chi connectivity index (χ0v) is 7.40. The van der Waals surface area contributed by atoms with Crippen LogP contribution >= 0.6 is 0 Å². The van der Waals surface area contributed by atoms with Crippen molar-refractivity contribution >= 4 is 6.21 Å². The van der Waals surface area contributed by atoms with Crippen LogP contribution in [0.4, 0.5) is 0 Å². The second kappa shape index (κ2) is 6.23. The van der Waals surface area contributed by atoms with Crippen LogP contribution in [0.25, 0.3) is 0 Å². The zero-order valence-electron chi connectivity index (χ0n) is 7.40. The summed E-state index contributed by atoms with van der Waals surface area (Å²) in [6, 6.07) is 9.87. The Kier molecular flexibility index (Phi) is 5.60. The highest BCUT2D eigenvalue weighted by atomic mass is 16.6. The molecule has 1 rings (SSSR count). The lowest BCUT2D eigenvalue weighted by molar-refractivity contribution is 0.0874. The van der Waals surface area contributed by atoms with Crippen LogP contribution in [-0.2, 0) is 4.84 Å². The van der Waals surface area contributed by atoms with E-state index in [9.17, 15) is 0 Å². The van der Waals surface area contributed by atoms with Crippen LogP contribution in [0.15, 0.2) is 35.5 Å². The molecule has 0 saturated heterocycles. The first kappa shape index (κ1) is 11.7. The number of hydrogen-bond acceptors (Lipinski definition) is 2. The number of benzene rings is 1. The second-order valence-corrected chi connectivity index (χ2v) is 2.80. The molecule has 0 heterocycles. The minimum absolute atomic E-state index is 0. The van der Waals surface area contributed by atoms with E-state index in [0.717, 1.165) is 5.56 Å². The van der Waals surface area contributed by atoms with Crippen LogP contribution in [0.3, 0.4) is 0 Å². The normalized spacial score (nSPS) is 10.1. The van der Waals surface area contributed by atoms with Gasteiger partial charge < -0.3 is 4.84 Å². The van der Waals surface area contributed by atoms with E-state index in [-0.39, 0.29) is 13.5 Å². The van der Waals surface area contributed by atoms with Crippen LogP contribution in [0.2, 0.25) is 0 Å². The Balaban J connectivity index is 0.00000144. The summed E-state index contributed by atoms with van der Waals surface area (Å²) in [5.74, 6) is 0. The van der Waals surface area contributed by atoms with Gasteiger partial charge in [0.1, 0.15) is 6.10 Å². The molecule has 0 spiro atoms. The minimum Gasteiger partial charge on any atom is -0.393 e. The highest BCUT2D eigenvalue weighted by molar-refractivity contribution is 5.78. The maximum atomic E-state index is 5.02. The lowest BCUT2D eigenvalue weighted by Crippen LogP contribution is -1.95. The van der Waals surface area contributed by atoms with Crippen molar-refractivity contribution in [2.24, 2.45) is 5.16 Å². The fraction of sp³-hybridized carbons (Fsp3) is 0.364. The average Bonchev–Trinajstić information content (AvgIpc) is 2.05. The van der Waals surface area contributed by atoms with Crippen molar-refractivity contribution in [3.8, 4) is 0 Å². The third-order valence-electron chi connectivity index (χ3n) is 1.27. The van der Waals surface area contributed by atoms with E-state index in [1.807, 2.05) is 44.2 Å². The SMILES string of the molecule is C.CC(C)ON=Cc1ccccc1. The van der Waals surface area contributed by atoms with Gasteiger partial charge in [-0.25, -0.2) is 0 Å². The maximum absolute atomic E-state index is 5.02. The summed E-state index contributed by atoms with van der Waals surface area (Å²) in [5.41, 5.74) is 1.05. The third-order valence-corrected chi connectivity index (χ3v) is 1.27. The Morgan fingerprint density at radius 2 is 1.85 bits per heavy atom. The zero-order chi connectivity index (χ0) is 8.81. The first-order valence-electron chi connectivity index (χ1n) is 4.03. The topological polar surface area (TPSA) is 21.6 Å². The van der Waals surface area contributed by atoms with Gasteiger partial charge in [-0.3, -0.25) is 0 Å². The van der Waals surface area contributed by atoms with Gasteiger partial charge in [-0.15, -0.1) is 0 Å². The maximum Gasteiger partial charge on any atom is 0.122 e. The van der Waals surface area contributed by atoms with Crippen LogP contribution < -0.4 is 0 Å². The molecule has 0 saturated carbocycles. The number of hydrogen-bond donors (Lipinski definition) is 0. The van der Waals surface area contributed by atoms with Crippen molar-refractivity contribution in [3.05, 3.63) is 35.9 Å². The van der Waals surface area contributed by atoms with E-state index in [2.05, 4.69) is 5.16 Å². The van der Waals surface area contributed by atoms with E-state index in [0.29, 0.717) is 0 Å². The second-order valence-electron chi connectivity index (χ2n) is 2.80. The number of nitrogens with zero attached hydrogens (tertiary/aromatic N) is 1. The van der Waals surface area contributed by atoms with Crippen LogP contribution in [0, 0.1) is 0 Å². The van der Waals surface area contributed by atoms with E-state index < -0.39 is 0 Å². The Morgan fingerprint density at radius 1 is 1.23 bits per heavy atom.